The summed E-state index contributed by atoms with van der Waals surface area (Å²) < 4.78 is 6.85. The number of aromatic nitrogens is 3. The molecule has 0 saturated carbocycles. The first-order chi connectivity index (χ1) is 14.1. The number of oxazole rings is 1. The molecule has 4 rings (SSSR count). The summed E-state index contributed by atoms with van der Waals surface area (Å²) in [5.74, 6) is -0.287. The molecule has 29 heavy (non-hydrogen) atoms. The Hall–Kier alpha value is -3.42. The molecule has 150 valence electrons. The standard InChI is InChI=1S/C21H23N5O3/c1-3-15-11-18(24-26(15)16-7-5-4-6-8-16)21(28)25-10-9-17(14(25)2)23-20(27)19-12-22-13-29-19/h4-8,11-14,17H,3,9-10H2,1-2H3,(H,23,27)/t14-,17+/m1/s1. The van der Waals surface area contributed by atoms with Crippen molar-refractivity contribution in [2.24, 2.45) is 0 Å². The van der Waals surface area contributed by atoms with Crippen molar-refractivity contribution >= 4 is 11.8 Å². The van der Waals surface area contributed by atoms with Crippen molar-refractivity contribution in [1.82, 2.24) is 25.0 Å². The van der Waals surface area contributed by atoms with Crippen LogP contribution in [0.15, 0.2) is 53.4 Å². The zero-order valence-electron chi connectivity index (χ0n) is 16.4. The van der Waals surface area contributed by atoms with Gasteiger partial charge in [0.1, 0.15) is 0 Å². The number of benzene rings is 1. The van der Waals surface area contributed by atoms with Gasteiger partial charge >= 0.3 is 0 Å². The zero-order chi connectivity index (χ0) is 20.4. The number of carbonyl (C=O) groups excluding carboxylic acids is 2. The molecule has 8 heteroatoms. The van der Waals surface area contributed by atoms with Gasteiger partial charge in [0, 0.05) is 18.3 Å². The van der Waals surface area contributed by atoms with Crippen LogP contribution in [0, 0.1) is 0 Å². The molecule has 1 aliphatic heterocycles. The second-order valence-electron chi connectivity index (χ2n) is 7.10. The Morgan fingerprint density at radius 1 is 1.28 bits per heavy atom. The van der Waals surface area contributed by atoms with E-state index in [2.05, 4.69) is 15.4 Å². The largest absolute Gasteiger partial charge is 0.438 e. The Morgan fingerprint density at radius 2 is 2.07 bits per heavy atom. The minimum absolute atomic E-state index is 0.127. The van der Waals surface area contributed by atoms with Crippen molar-refractivity contribution in [2.45, 2.75) is 38.8 Å². The molecule has 2 atom stereocenters. The van der Waals surface area contributed by atoms with Crippen LogP contribution in [0.25, 0.3) is 5.69 Å². The number of para-hydroxylation sites is 1. The van der Waals surface area contributed by atoms with E-state index in [-0.39, 0.29) is 29.7 Å². The highest BCUT2D eigenvalue weighted by Crippen LogP contribution is 2.22. The molecule has 1 fully saturated rings. The van der Waals surface area contributed by atoms with Gasteiger partial charge in [-0.2, -0.15) is 5.10 Å². The summed E-state index contributed by atoms with van der Waals surface area (Å²) in [6.07, 6.45) is 4.03. The van der Waals surface area contributed by atoms with Crippen LogP contribution in [0.2, 0.25) is 0 Å². The van der Waals surface area contributed by atoms with Gasteiger partial charge < -0.3 is 14.6 Å². The number of rotatable bonds is 5. The van der Waals surface area contributed by atoms with Crippen molar-refractivity contribution in [3.63, 3.8) is 0 Å². The molecular formula is C21H23N5O3. The summed E-state index contributed by atoms with van der Waals surface area (Å²) >= 11 is 0. The molecule has 0 unspecified atom stereocenters. The highest BCUT2D eigenvalue weighted by Gasteiger charge is 2.36. The van der Waals surface area contributed by atoms with E-state index in [4.69, 9.17) is 4.42 Å². The first-order valence-electron chi connectivity index (χ1n) is 9.73. The first kappa shape index (κ1) is 18.9. The van der Waals surface area contributed by atoms with E-state index in [1.807, 2.05) is 54.9 Å². The van der Waals surface area contributed by atoms with Crippen LogP contribution in [0.1, 0.15) is 47.0 Å². The molecule has 8 nitrogen and oxygen atoms in total. The maximum absolute atomic E-state index is 13.1. The summed E-state index contributed by atoms with van der Waals surface area (Å²) in [5, 5.41) is 7.50. The summed E-state index contributed by atoms with van der Waals surface area (Å²) in [6.45, 7) is 4.53. The lowest BCUT2D eigenvalue weighted by Gasteiger charge is -2.24. The number of hydrogen-bond donors (Lipinski definition) is 1. The van der Waals surface area contributed by atoms with Gasteiger partial charge in [-0.15, -0.1) is 0 Å². The topological polar surface area (TPSA) is 93.3 Å². The maximum Gasteiger partial charge on any atom is 0.288 e. The van der Waals surface area contributed by atoms with Crippen molar-refractivity contribution in [3.05, 3.63) is 66.1 Å². The summed E-state index contributed by atoms with van der Waals surface area (Å²) in [7, 11) is 0. The van der Waals surface area contributed by atoms with Crippen LogP contribution in [0.3, 0.4) is 0 Å². The fraction of sp³-hybridized carbons (Fsp3) is 0.333. The lowest BCUT2D eigenvalue weighted by Crippen LogP contribution is -2.45. The smallest absolute Gasteiger partial charge is 0.288 e. The quantitative estimate of drug-likeness (QED) is 0.719. The average Bonchev–Trinajstić information content (AvgIpc) is 3.49. The van der Waals surface area contributed by atoms with Gasteiger partial charge in [0.05, 0.1) is 17.9 Å². The van der Waals surface area contributed by atoms with E-state index in [0.717, 1.165) is 17.8 Å². The average molecular weight is 393 g/mol. The van der Waals surface area contributed by atoms with Crippen LogP contribution in [0.5, 0.6) is 0 Å². The van der Waals surface area contributed by atoms with E-state index in [1.54, 1.807) is 4.90 Å². The lowest BCUT2D eigenvalue weighted by atomic mass is 10.1. The molecule has 1 N–H and O–H groups in total. The number of nitrogens with one attached hydrogen (secondary N) is 1. The number of hydrogen-bond acceptors (Lipinski definition) is 5. The molecule has 2 amide bonds. The third-order valence-electron chi connectivity index (χ3n) is 5.35. The molecule has 0 radical (unpaired) electrons. The van der Waals surface area contributed by atoms with Crippen molar-refractivity contribution in [3.8, 4) is 5.69 Å². The van der Waals surface area contributed by atoms with E-state index >= 15 is 0 Å². The summed E-state index contributed by atoms with van der Waals surface area (Å²) in [6, 6.07) is 11.3. The van der Waals surface area contributed by atoms with Gasteiger partial charge in [-0.25, -0.2) is 9.67 Å². The van der Waals surface area contributed by atoms with E-state index < -0.39 is 0 Å². The number of aryl methyl sites for hydroxylation is 1. The van der Waals surface area contributed by atoms with Gasteiger partial charge in [0.2, 0.25) is 5.76 Å². The van der Waals surface area contributed by atoms with Gasteiger partial charge in [0.25, 0.3) is 11.8 Å². The van der Waals surface area contributed by atoms with Gasteiger partial charge in [0.15, 0.2) is 12.1 Å². The fourth-order valence-corrected chi connectivity index (χ4v) is 3.70. The SMILES string of the molecule is CCc1cc(C(=O)N2CC[C@H](NC(=O)c3cnco3)[C@H]2C)nn1-c1ccccc1. The molecule has 0 spiro atoms. The number of carbonyl (C=O) groups is 2. The van der Waals surface area contributed by atoms with Gasteiger partial charge in [-0.05, 0) is 38.0 Å². The molecule has 0 bridgehead atoms. The molecule has 1 aromatic carbocycles. The Balaban J connectivity index is 1.50. The normalized spacial score (nSPS) is 18.8. The molecular weight excluding hydrogens is 370 g/mol. The second-order valence-corrected chi connectivity index (χ2v) is 7.10. The number of likely N-dealkylation sites (tertiary alicyclic amines) is 1. The molecule has 1 saturated heterocycles. The minimum Gasteiger partial charge on any atom is -0.438 e. The predicted molar refractivity (Wildman–Crippen MR) is 106 cm³/mol. The van der Waals surface area contributed by atoms with Gasteiger partial charge in [-0.1, -0.05) is 25.1 Å². The fourth-order valence-electron chi connectivity index (χ4n) is 3.70. The highest BCUT2D eigenvalue weighted by atomic mass is 16.3. The summed E-state index contributed by atoms with van der Waals surface area (Å²) in [5.41, 5.74) is 2.32. The number of nitrogens with zero attached hydrogens (tertiary/aromatic N) is 4. The molecule has 2 aromatic heterocycles. The van der Waals surface area contributed by atoms with Crippen LogP contribution < -0.4 is 5.32 Å². The monoisotopic (exact) mass is 393 g/mol. The number of amides is 2. The Kier molecular flexibility index (Phi) is 5.16. The van der Waals surface area contributed by atoms with Crippen molar-refractivity contribution in [1.29, 1.82) is 0 Å². The lowest BCUT2D eigenvalue weighted by molar-refractivity contribution is 0.0721. The Labute approximate surface area is 168 Å². The Bertz CT molecular complexity index is 997. The van der Waals surface area contributed by atoms with Crippen LogP contribution in [-0.2, 0) is 6.42 Å². The van der Waals surface area contributed by atoms with Gasteiger partial charge in [-0.3, -0.25) is 9.59 Å². The van der Waals surface area contributed by atoms with Crippen molar-refractivity contribution in [2.75, 3.05) is 6.54 Å². The van der Waals surface area contributed by atoms with Crippen LogP contribution in [-0.4, -0.2) is 50.1 Å². The maximum atomic E-state index is 13.1. The first-order valence-corrected chi connectivity index (χ1v) is 9.73. The molecule has 1 aliphatic rings. The second kappa shape index (κ2) is 7.90. The van der Waals surface area contributed by atoms with Crippen LogP contribution >= 0.6 is 0 Å². The molecule has 0 aliphatic carbocycles. The minimum atomic E-state index is -0.324. The van der Waals surface area contributed by atoms with E-state index in [0.29, 0.717) is 18.7 Å². The third kappa shape index (κ3) is 3.65. The summed E-state index contributed by atoms with van der Waals surface area (Å²) in [4.78, 5) is 30.9. The Morgan fingerprint density at radius 3 is 2.76 bits per heavy atom. The van der Waals surface area contributed by atoms with E-state index in [9.17, 15) is 9.59 Å². The van der Waals surface area contributed by atoms with Crippen LogP contribution in [0.4, 0.5) is 0 Å². The van der Waals surface area contributed by atoms with E-state index in [1.165, 1.54) is 12.6 Å². The van der Waals surface area contributed by atoms with Crippen molar-refractivity contribution < 1.29 is 14.0 Å². The third-order valence-corrected chi connectivity index (χ3v) is 5.35. The zero-order valence-corrected chi connectivity index (χ0v) is 16.4. The highest BCUT2D eigenvalue weighted by molar-refractivity contribution is 5.94. The molecule has 3 aromatic rings. The molecule has 3 heterocycles. The predicted octanol–water partition coefficient (Wildman–Crippen LogP) is 2.46.